The van der Waals surface area contributed by atoms with Gasteiger partial charge in [-0.15, -0.1) is 0 Å². The molecule has 1 aliphatic heterocycles. The van der Waals surface area contributed by atoms with Crippen LogP contribution >= 0.6 is 0 Å². The van der Waals surface area contributed by atoms with Gasteiger partial charge in [-0.1, -0.05) is 24.3 Å². The zero-order chi connectivity index (χ0) is 18.1. The zero-order valence-corrected chi connectivity index (χ0v) is 15.3. The van der Waals surface area contributed by atoms with Gasteiger partial charge in [-0.3, -0.25) is 9.78 Å². The monoisotopic (exact) mass is 345 g/mol. The molecule has 1 aliphatic rings. The minimum atomic E-state index is 0.101. The summed E-state index contributed by atoms with van der Waals surface area (Å²) in [6, 6.07) is 16.3. The number of anilines is 1. The van der Waals surface area contributed by atoms with Crippen LogP contribution in [0.5, 0.6) is 0 Å². The number of hydrogen-bond donors (Lipinski definition) is 0. The van der Waals surface area contributed by atoms with E-state index in [1.54, 1.807) is 6.20 Å². The molecule has 1 saturated heterocycles. The Morgan fingerprint density at radius 1 is 0.923 bits per heavy atom. The van der Waals surface area contributed by atoms with Gasteiger partial charge in [0.1, 0.15) is 0 Å². The smallest absolute Gasteiger partial charge is 0.254 e. The number of carbonyl (C=O) groups is 1. The number of fused-ring (bicyclic) bond motifs is 1. The van der Waals surface area contributed by atoms with Gasteiger partial charge in [0.15, 0.2) is 0 Å². The molecule has 1 aromatic heterocycles. The summed E-state index contributed by atoms with van der Waals surface area (Å²) in [5, 5.41) is 0.928. The molecule has 4 heteroatoms. The maximum Gasteiger partial charge on any atom is 0.254 e. The molecular formula is C22H23N3O. The van der Waals surface area contributed by atoms with Crippen molar-refractivity contribution in [3.05, 3.63) is 71.4 Å². The van der Waals surface area contributed by atoms with Crippen LogP contribution < -0.4 is 4.90 Å². The third-order valence-corrected chi connectivity index (χ3v) is 5.02. The van der Waals surface area contributed by atoms with Gasteiger partial charge in [0.25, 0.3) is 5.91 Å². The third-order valence-electron chi connectivity index (χ3n) is 5.02. The maximum absolute atomic E-state index is 13.0. The van der Waals surface area contributed by atoms with Gasteiger partial charge in [-0.25, -0.2) is 0 Å². The van der Waals surface area contributed by atoms with Gasteiger partial charge in [-0.2, -0.15) is 0 Å². The van der Waals surface area contributed by atoms with E-state index < -0.39 is 0 Å². The number of hydrogen-bond acceptors (Lipinski definition) is 3. The number of rotatable bonds is 2. The Balaban J connectivity index is 1.51. The summed E-state index contributed by atoms with van der Waals surface area (Å²) < 4.78 is 0. The molecule has 4 nitrogen and oxygen atoms in total. The third kappa shape index (κ3) is 3.15. The molecule has 26 heavy (non-hydrogen) atoms. The maximum atomic E-state index is 13.0. The van der Waals surface area contributed by atoms with Crippen molar-refractivity contribution in [1.82, 2.24) is 9.88 Å². The molecule has 1 amide bonds. The summed E-state index contributed by atoms with van der Waals surface area (Å²) in [6.07, 6.45) is 1.72. The first-order valence-corrected chi connectivity index (χ1v) is 9.08. The molecule has 2 aromatic carbocycles. The van der Waals surface area contributed by atoms with Gasteiger partial charge in [0, 0.05) is 43.4 Å². The van der Waals surface area contributed by atoms with Crippen molar-refractivity contribution in [2.24, 2.45) is 0 Å². The van der Waals surface area contributed by atoms with E-state index in [2.05, 4.69) is 41.9 Å². The van der Waals surface area contributed by atoms with Crippen LogP contribution in [0.25, 0.3) is 10.9 Å². The van der Waals surface area contributed by atoms with E-state index in [9.17, 15) is 4.79 Å². The molecule has 132 valence electrons. The molecule has 2 heterocycles. The van der Waals surface area contributed by atoms with Crippen molar-refractivity contribution in [3.8, 4) is 0 Å². The van der Waals surface area contributed by atoms with E-state index in [0.717, 1.165) is 42.6 Å². The molecule has 0 spiro atoms. The van der Waals surface area contributed by atoms with E-state index in [1.807, 2.05) is 35.2 Å². The van der Waals surface area contributed by atoms with E-state index in [1.165, 1.54) is 16.8 Å². The fourth-order valence-corrected chi connectivity index (χ4v) is 3.75. The first-order valence-electron chi connectivity index (χ1n) is 9.08. The molecule has 4 rings (SSSR count). The van der Waals surface area contributed by atoms with Crippen LogP contribution in [-0.4, -0.2) is 42.0 Å². The minimum absolute atomic E-state index is 0.101. The predicted molar refractivity (Wildman–Crippen MR) is 106 cm³/mol. The number of pyridine rings is 1. The fraction of sp³-hybridized carbons (Fsp3) is 0.273. The molecule has 0 saturated carbocycles. The summed E-state index contributed by atoms with van der Waals surface area (Å²) in [4.78, 5) is 21.7. The van der Waals surface area contributed by atoms with E-state index in [-0.39, 0.29) is 5.91 Å². The summed E-state index contributed by atoms with van der Waals surface area (Å²) in [5.41, 5.74) is 5.43. The lowest BCUT2D eigenvalue weighted by atomic mass is 10.1. The summed E-state index contributed by atoms with van der Waals surface area (Å²) in [6.45, 7) is 7.45. The molecule has 0 N–H and O–H groups in total. The van der Waals surface area contributed by atoms with Crippen molar-refractivity contribution < 1.29 is 4.79 Å². The van der Waals surface area contributed by atoms with Crippen LogP contribution in [0.2, 0.25) is 0 Å². The second-order valence-corrected chi connectivity index (χ2v) is 7.00. The molecule has 0 unspecified atom stereocenters. The molecule has 1 fully saturated rings. The van der Waals surface area contributed by atoms with Crippen molar-refractivity contribution in [2.75, 3.05) is 31.1 Å². The number of aromatic nitrogens is 1. The standard InChI is InChI=1S/C22H23N3O/c1-16-13-17(2)15-18(14-16)24-9-11-25(12-10-24)22(26)20-7-8-23-21-6-4-3-5-19(20)21/h3-8,13-15H,9-12H2,1-2H3. The average molecular weight is 345 g/mol. The van der Waals surface area contributed by atoms with Gasteiger partial charge < -0.3 is 9.80 Å². The van der Waals surface area contributed by atoms with Crippen molar-refractivity contribution >= 4 is 22.5 Å². The topological polar surface area (TPSA) is 36.4 Å². The second-order valence-electron chi connectivity index (χ2n) is 7.00. The lowest BCUT2D eigenvalue weighted by molar-refractivity contribution is 0.0748. The average Bonchev–Trinajstić information content (AvgIpc) is 2.66. The lowest BCUT2D eigenvalue weighted by Crippen LogP contribution is -2.48. The Labute approximate surface area is 154 Å². The van der Waals surface area contributed by atoms with E-state index >= 15 is 0 Å². The first-order chi connectivity index (χ1) is 12.6. The van der Waals surface area contributed by atoms with Gasteiger partial charge in [0.05, 0.1) is 11.1 Å². The highest BCUT2D eigenvalue weighted by Gasteiger charge is 2.23. The Hall–Kier alpha value is -2.88. The second kappa shape index (κ2) is 6.79. The largest absolute Gasteiger partial charge is 0.368 e. The number of aryl methyl sites for hydroxylation is 2. The molecule has 0 aliphatic carbocycles. The highest BCUT2D eigenvalue weighted by Crippen LogP contribution is 2.22. The van der Waals surface area contributed by atoms with Crippen LogP contribution in [-0.2, 0) is 0 Å². The molecule has 0 bridgehead atoms. The predicted octanol–water partition coefficient (Wildman–Crippen LogP) is 3.81. The summed E-state index contributed by atoms with van der Waals surface area (Å²) >= 11 is 0. The highest BCUT2D eigenvalue weighted by atomic mass is 16.2. The van der Waals surface area contributed by atoms with Crippen molar-refractivity contribution in [2.45, 2.75) is 13.8 Å². The van der Waals surface area contributed by atoms with E-state index in [0.29, 0.717) is 0 Å². The Morgan fingerprint density at radius 2 is 1.62 bits per heavy atom. The number of para-hydroxylation sites is 1. The molecule has 3 aromatic rings. The minimum Gasteiger partial charge on any atom is -0.368 e. The number of benzene rings is 2. The first kappa shape index (κ1) is 16.6. The van der Waals surface area contributed by atoms with Crippen molar-refractivity contribution in [1.29, 1.82) is 0 Å². The van der Waals surface area contributed by atoms with Crippen LogP contribution in [0.4, 0.5) is 5.69 Å². The summed E-state index contributed by atoms with van der Waals surface area (Å²) in [7, 11) is 0. The molecule has 0 radical (unpaired) electrons. The highest BCUT2D eigenvalue weighted by molar-refractivity contribution is 6.06. The van der Waals surface area contributed by atoms with Crippen LogP contribution in [0.15, 0.2) is 54.7 Å². The number of piperazine rings is 1. The summed E-state index contributed by atoms with van der Waals surface area (Å²) in [5.74, 6) is 0.101. The number of amides is 1. The Bertz CT molecular complexity index is 933. The van der Waals surface area contributed by atoms with Crippen LogP contribution in [0.3, 0.4) is 0 Å². The number of nitrogens with zero attached hydrogens (tertiary/aromatic N) is 3. The quantitative estimate of drug-likeness (QED) is 0.708. The van der Waals surface area contributed by atoms with Crippen LogP contribution in [0, 0.1) is 13.8 Å². The number of carbonyl (C=O) groups excluding carboxylic acids is 1. The SMILES string of the molecule is Cc1cc(C)cc(N2CCN(C(=O)c3ccnc4ccccc34)CC2)c1. The van der Waals surface area contributed by atoms with Gasteiger partial charge in [0.2, 0.25) is 0 Å². The van der Waals surface area contributed by atoms with Crippen molar-refractivity contribution in [3.63, 3.8) is 0 Å². The molecular weight excluding hydrogens is 322 g/mol. The van der Waals surface area contributed by atoms with Crippen LogP contribution in [0.1, 0.15) is 21.5 Å². The zero-order valence-electron chi connectivity index (χ0n) is 15.3. The molecule has 0 atom stereocenters. The Morgan fingerprint density at radius 3 is 2.35 bits per heavy atom. The lowest BCUT2D eigenvalue weighted by Gasteiger charge is -2.36. The Kier molecular flexibility index (Phi) is 4.33. The fourth-order valence-electron chi connectivity index (χ4n) is 3.75. The van der Waals surface area contributed by atoms with E-state index in [4.69, 9.17) is 0 Å². The van der Waals surface area contributed by atoms with Gasteiger partial charge >= 0.3 is 0 Å². The van der Waals surface area contributed by atoms with Gasteiger partial charge in [-0.05, 0) is 49.2 Å². The normalized spacial score (nSPS) is 14.7.